The standard InChI is InChI=1S/C19H19ClFN3O/c1-12(25)22-15-8-7-14(16(21)11-15)10-18-23-17-6-2-4-13(5-3-9-20)19(17)24-18/h2,4,6-8,11H,3,5,9-10H2,1H3,(H,22,25)(H,23,24). The molecule has 3 aromatic rings. The zero-order chi connectivity index (χ0) is 17.8. The summed E-state index contributed by atoms with van der Waals surface area (Å²) in [7, 11) is 0. The summed E-state index contributed by atoms with van der Waals surface area (Å²) in [5.74, 6) is 0.724. The van der Waals surface area contributed by atoms with Crippen molar-refractivity contribution >= 4 is 34.2 Å². The van der Waals surface area contributed by atoms with Crippen LogP contribution in [0.15, 0.2) is 36.4 Å². The van der Waals surface area contributed by atoms with E-state index in [2.05, 4.69) is 15.3 Å². The lowest BCUT2D eigenvalue weighted by atomic mass is 10.1. The monoisotopic (exact) mass is 359 g/mol. The van der Waals surface area contributed by atoms with Gasteiger partial charge < -0.3 is 10.3 Å². The minimum atomic E-state index is -0.367. The summed E-state index contributed by atoms with van der Waals surface area (Å²) in [4.78, 5) is 18.9. The Bertz CT molecular complexity index is 907. The summed E-state index contributed by atoms with van der Waals surface area (Å²) in [5.41, 5.74) is 3.97. The van der Waals surface area contributed by atoms with E-state index in [1.165, 1.54) is 13.0 Å². The molecule has 0 aliphatic heterocycles. The van der Waals surface area contributed by atoms with Crippen molar-refractivity contribution in [1.29, 1.82) is 0 Å². The van der Waals surface area contributed by atoms with Crippen LogP contribution >= 0.6 is 11.6 Å². The Balaban J connectivity index is 1.84. The summed E-state index contributed by atoms with van der Waals surface area (Å²) in [6.07, 6.45) is 2.11. The van der Waals surface area contributed by atoms with Crippen molar-refractivity contribution < 1.29 is 9.18 Å². The van der Waals surface area contributed by atoms with Crippen molar-refractivity contribution in [3.63, 3.8) is 0 Å². The number of halogens is 2. The number of aryl methyl sites for hydroxylation is 1. The Hall–Kier alpha value is -2.40. The van der Waals surface area contributed by atoms with E-state index in [9.17, 15) is 9.18 Å². The molecule has 1 heterocycles. The number of H-pyrrole nitrogens is 1. The molecule has 2 aromatic carbocycles. The van der Waals surface area contributed by atoms with Crippen LogP contribution in [-0.2, 0) is 17.6 Å². The van der Waals surface area contributed by atoms with Crippen molar-refractivity contribution in [2.45, 2.75) is 26.2 Å². The molecule has 3 rings (SSSR count). The molecular formula is C19H19ClFN3O. The molecule has 1 aromatic heterocycles. The number of nitrogens with one attached hydrogen (secondary N) is 2. The second-order valence-corrected chi connectivity index (χ2v) is 6.33. The molecule has 1 amide bonds. The Labute approximate surface area is 150 Å². The fourth-order valence-corrected chi connectivity index (χ4v) is 2.97. The minimum absolute atomic E-state index is 0.228. The number of nitrogens with zero attached hydrogens (tertiary/aromatic N) is 1. The van der Waals surface area contributed by atoms with E-state index in [0.29, 0.717) is 29.4 Å². The van der Waals surface area contributed by atoms with Crippen molar-refractivity contribution in [1.82, 2.24) is 9.97 Å². The van der Waals surface area contributed by atoms with Crippen LogP contribution in [0.2, 0.25) is 0 Å². The average molecular weight is 360 g/mol. The Morgan fingerprint density at radius 3 is 2.84 bits per heavy atom. The van der Waals surface area contributed by atoms with Crippen LogP contribution in [-0.4, -0.2) is 21.8 Å². The number of hydrogen-bond donors (Lipinski definition) is 2. The number of carbonyl (C=O) groups is 1. The van der Waals surface area contributed by atoms with Crippen molar-refractivity contribution in [3.8, 4) is 0 Å². The third kappa shape index (κ3) is 4.17. The van der Waals surface area contributed by atoms with Crippen LogP contribution in [0, 0.1) is 5.82 Å². The van der Waals surface area contributed by atoms with E-state index >= 15 is 0 Å². The maximum atomic E-state index is 14.3. The summed E-state index contributed by atoms with van der Waals surface area (Å²) in [6, 6.07) is 10.7. The number of hydrogen-bond acceptors (Lipinski definition) is 2. The fourth-order valence-electron chi connectivity index (χ4n) is 2.84. The zero-order valence-electron chi connectivity index (χ0n) is 13.9. The van der Waals surface area contributed by atoms with E-state index < -0.39 is 0 Å². The van der Waals surface area contributed by atoms with Gasteiger partial charge in [-0.1, -0.05) is 18.2 Å². The van der Waals surface area contributed by atoms with Crippen LogP contribution in [0.25, 0.3) is 11.0 Å². The van der Waals surface area contributed by atoms with Gasteiger partial charge >= 0.3 is 0 Å². The molecule has 0 saturated heterocycles. The van der Waals surface area contributed by atoms with Crippen molar-refractivity contribution in [2.75, 3.05) is 11.2 Å². The van der Waals surface area contributed by atoms with Crippen molar-refractivity contribution in [2.24, 2.45) is 0 Å². The smallest absolute Gasteiger partial charge is 0.221 e. The topological polar surface area (TPSA) is 57.8 Å². The molecule has 4 nitrogen and oxygen atoms in total. The Kier molecular flexibility index (Phi) is 5.34. The van der Waals surface area contributed by atoms with Gasteiger partial charge in [-0.3, -0.25) is 4.79 Å². The molecule has 0 aliphatic rings. The number of anilines is 1. The maximum absolute atomic E-state index is 14.3. The number of imidazole rings is 1. The second kappa shape index (κ2) is 7.66. The van der Waals surface area contributed by atoms with Crippen LogP contribution in [0.3, 0.4) is 0 Å². The van der Waals surface area contributed by atoms with Gasteiger partial charge in [-0.2, -0.15) is 0 Å². The van der Waals surface area contributed by atoms with Gasteiger partial charge in [0.1, 0.15) is 11.6 Å². The lowest BCUT2D eigenvalue weighted by molar-refractivity contribution is -0.114. The SMILES string of the molecule is CC(=O)Nc1ccc(Cc2nc3c(CCCCl)cccc3[nH]2)c(F)c1. The van der Waals surface area contributed by atoms with Gasteiger partial charge in [0, 0.05) is 24.9 Å². The lowest BCUT2D eigenvalue weighted by Gasteiger charge is -2.05. The number of benzene rings is 2. The molecule has 0 aliphatic carbocycles. The predicted octanol–water partition coefficient (Wildman–Crippen LogP) is 4.42. The van der Waals surface area contributed by atoms with Gasteiger partial charge in [0.2, 0.25) is 5.91 Å². The van der Waals surface area contributed by atoms with Crippen LogP contribution < -0.4 is 5.32 Å². The zero-order valence-corrected chi connectivity index (χ0v) is 14.7. The van der Waals surface area contributed by atoms with Gasteiger partial charge in [0.15, 0.2) is 0 Å². The molecule has 0 bridgehead atoms. The number of para-hydroxylation sites is 1. The number of carbonyl (C=O) groups excluding carboxylic acids is 1. The highest BCUT2D eigenvalue weighted by molar-refractivity contribution is 6.17. The van der Waals surface area contributed by atoms with Crippen LogP contribution in [0.5, 0.6) is 0 Å². The predicted molar refractivity (Wildman–Crippen MR) is 98.6 cm³/mol. The number of amides is 1. The van der Waals surface area contributed by atoms with Gasteiger partial charge in [-0.15, -0.1) is 11.6 Å². The summed E-state index contributed by atoms with van der Waals surface area (Å²) < 4.78 is 14.3. The molecule has 2 N–H and O–H groups in total. The second-order valence-electron chi connectivity index (χ2n) is 5.95. The van der Waals surface area contributed by atoms with Crippen LogP contribution in [0.4, 0.5) is 10.1 Å². The normalized spacial score (nSPS) is 11.0. The first-order chi connectivity index (χ1) is 12.1. The third-order valence-corrected chi connectivity index (χ3v) is 4.22. The summed E-state index contributed by atoms with van der Waals surface area (Å²) in [5, 5.41) is 2.57. The van der Waals surface area contributed by atoms with E-state index in [0.717, 1.165) is 29.4 Å². The van der Waals surface area contributed by atoms with E-state index in [1.807, 2.05) is 18.2 Å². The third-order valence-electron chi connectivity index (χ3n) is 3.96. The fraction of sp³-hybridized carbons (Fsp3) is 0.263. The highest BCUT2D eigenvalue weighted by atomic mass is 35.5. The van der Waals surface area contributed by atoms with Crippen LogP contribution in [0.1, 0.15) is 30.3 Å². The first-order valence-electron chi connectivity index (χ1n) is 8.15. The maximum Gasteiger partial charge on any atom is 0.221 e. The quantitative estimate of drug-likeness (QED) is 0.640. The van der Waals surface area contributed by atoms with Gasteiger partial charge in [-0.05, 0) is 42.2 Å². The molecule has 25 heavy (non-hydrogen) atoms. The summed E-state index contributed by atoms with van der Waals surface area (Å²) >= 11 is 5.78. The largest absolute Gasteiger partial charge is 0.342 e. The highest BCUT2D eigenvalue weighted by Gasteiger charge is 2.11. The molecule has 0 spiro atoms. The van der Waals surface area contributed by atoms with E-state index in [4.69, 9.17) is 11.6 Å². The number of aromatic nitrogens is 2. The molecule has 0 unspecified atom stereocenters. The van der Waals surface area contributed by atoms with Gasteiger partial charge in [0.25, 0.3) is 0 Å². The number of fused-ring (bicyclic) bond motifs is 1. The summed E-state index contributed by atoms with van der Waals surface area (Å²) in [6.45, 7) is 1.39. The Morgan fingerprint density at radius 2 is 2.12 bits per heavy atom. The molecule has 0 radical (unpaired) electrons. The Morgan fingerprint density at radius 1 is 1.28 bits per heavy atom. The lowest BCUT2D eigenvalue weighted by Crippen LogP contribution is -2.06. The molecule has 130 valence electrons. The van der Waals surface area contributed by atoms with E-state index in [1.54, 1.807) is 12.1 Å². The molecule has 0 saturated carbocycles. The molecule has 6 heteroatoms. The van der Waals surface area contributed by atoms with Gasteiger partial charge in [0.05, 0.1) is 11.0 Å². The van der Waals surface area contributed by atoms with Gasteiger partial charge in [-0.25, -0.2) is 9.37 Å². The number of alkyl halides is 1. The first-order valence-corrected chi connectivity index (χ1v) is 8.68. The first kappa shape index (κ1) is 17.4. The van der Waals surface area contributed by atoms with Crippen molar-refractivity contribution in [3.05, 3.63) is 59.2 Å². The highest BCUT2D eigenvalue weighted by Crippen LogP contribution is 2.21. The number of aromatic amines is 1. The average Bonchev–Trinajstić information content (AvgIpc) is 2.98. The minimum Gasteiger partial charge on any atom is -0.342 e. The van der Waals surface area contributed by atoms with E-state index in [-0.39, 0.29) is 11.7 Å². The molecular weight excluding hydrogens is 341 g/mol. The molecule has 0 fully saturated rings. The number of rotatable bonds is 6. The molecule has 0 atom stereocenters.